The molecule has 0 atom stereocenters. The first-order valence-electron chi connectivity index (χ1n) is 5.96. The summed E-state index contributed by atoms with van der Waals surface area (Å²) in [4.78, 5) is 11.9. The number of thiophene rings is 1. The van der Waals surface area contributed by atoms with Crippen molar-refractivity contribution in [2.75, 3.05) is 0 Å². The Bertz CT molecular complexity index is 859. The number of pyridine rings is 1. The van der Waals surface area contributed by atoms with Crippen LogP contribution in [-0.2, 0) is 0 Å². The van der Waals surface area contributed by atoms with Crippen molar-refractivity contribution in [3.05, 3.63) is 73.6 Å². The van der Waals surface area contributed by atoms with Crippen LogP contribution >= 0.6 is 27.3 Å². The summed E-state index contributed by atoms with van der Waals surface area (Å²) in [6.45, 7) is 0. The molecule has 0 saturated heterocycles. The minimum Gasteiger partial charge on any atom is -0.314 e. The Morgan fingerprint density at radius 1 is 1.14 bits per heavy atom. The summed E-state index contributed by atoms with van der Waals surface area (Å²) < 4.78 is 29.2. The van der Waals surface area contributed by atoms with E-state index in [-0.39, 0.29) is 11.0 Å². The number of benzene rings is 1. The van der Waals surface area contributed by atoms with Gasteiger partial charge in [-0.05, 0) is 39.5 Å². The number of rotatable bonds is 2. The third-order valence-corrected chi connectivity index (χ3v) is 4.26. The molecule has 0 radical (unpaired) electrons. The molecular formula is C15H8BrF2NOS. The fraction of sp³-hybridized carbons (Fsp3) is 0. The second-order valence-corrected chi connectivity index (χ2v) is 5.98. The molecule has 21 heavy (non-hydrogen) atoms. The van der Waals surface area contributed by atoms with E-state index in [4.69, 9.17) is 0 Å². The summed E-state index contributed by atoms with van der Waals surface area (Å²) >= 11 is 4.67. The predicted molar refractivity (Wildman–Crippen MR) is 83.0 cm³/mol. The van der Waals surface area contributed by atoms with Crippen LogP contribution in [0.4, 0.5) is 8.78 Å². The van der Waals surface area contributed by atoms with Gasteiger partial charge in [0, 0.05) is 29.3 Å². The van der Waals surface area contributed by atoms with Gasteiger partial charge in [-0.25, -0.2) is 8.78 Å². The van der Waals surface area contributed by atoms with Gasteiger partial charge in [0.15, 0.2) is 5.43 Å². The lowest BCUT2D eigenvalue weighted by Crippen LogP contribution is -2.09. The van der Waals surface area contributed by atoms with Crippen molar-refractivity contribution in [1.29, 1.82) is 0 Å². The lowest BCUT2D eigenvalue weighted by Gasteiger charge is -2.13. The molecule has 3 aromatic rings. The largest absolute Gasteiger partial charge is 0.314 e. The van der Waals surface area contributed by atoms with E-state index in [1.54, 1.807) is 10.8 Å². The highest BCUT2D eigenvalue weighted by atomic mass is 79.9. The van der Waals surface area contributed by atoms with Gasteiger partial charge in [-0.1, -0.05) is 0 Å². The summed E-state index contributed by atoms with van der Waals surface area (Å²) in [7, 11) is 0. The first kappa shape index (κ1) is 14.2. The summed E-state index contributed by atoms with van der Waals surface area (Å²) in [5.41, 5.74) is 1.09. The van der Waals surface area contributed by atoms with Crippen molar-refractivity contribution in [3.63, 3.8) is 0 Å². The van der Waals surface area contributed by atoms with E-state index in [1.165, 1.54) is 29.5 Å². The van der Waals surface area contributed by atoms with Crippen LogP contribution in [0, 0.1) is 11.6 Å². The summed E-state index contributed by atoms with van der Waals surface area (Å²) in [6, 6.07) is 6.49. The maximum Gasteiger partial charge on any atom is 0.196 e. The Labute approximate surface area is 131 Å². The molecule has 0 saturated carbocycles. The molecule has 0 N–H and O–H groups in total. The third-order valence-electron chi connectivity index (χ3n) is 3.00. The lowest BCUT2D eigenvalue weighted by atomic mass is 10.1. The molecule has 0 bridgehead atoms. The highest BCUT2D eigenvalue weighted by Gasteiger charge is 2.13. The Hall–Kier alpha value is -1.79. The average molecular weight is 368 g/mol. The van der Waals surface area contributed by atoms with E-state index in [2.05, 4.69) is 15.9 Å². The van der Waals surface area contributed by atoms with Crippen molar-refractivity contribution >= 4 is 27.3 Å². The fourth-order valence-electron chi connectivity index (χ4n) is 2.02. The van der Waals surface area contributed by atoms with Crippen molar-refractivity contribution in [2.45, 2.75) is 0 Å². The SMILES string of the molecule is O=c1cc(-c2ccc(F)cc2F)n(-c2ccsc2)cc1Br. The molecule has 2 heterocycles. The molecule has 0 amide bonds. The second kappa shape index (κ2) is 5.54. The summed E-state index contributed by atoms with van der Waals surface area (Å²) in [5.74, 6) is -1.36. The predicted octanol–water partition coefficient (Wildman–Crippen LogP) is 4.61. The Morgan fingerprint density at radius 3 is 2.62 bits per heavy atom. The van der Waals surface area contributed by atoms with Gasteiger partial charge in [0.05, 0.1) is 15.9 Å². The van der Waals surface area contributed by atoms with Gasteiger partial charge in [-0.3, -0.25) is 4.79 Å². The molecule has 106 valence electrons. The minimum absolute atomic E-state index is 0.173. The highest BCUT2D eigenvalue weighted by molar-refractivity contribution is 9.10. The number of nitrogens with zero attached hydrogens (tertiary/aromatic N) is 1. The first-order chi connectivity index (χ1) is 10.1. The van der Waals surface area contributed by atoms with Crippen LogP contribution in [0.25, 0.3) is 16.9 Å². The van der Waals surface area contributed by atoms with Crippen molar-refractivity contribution in [2.24, 2.45) is 0 Å². The Balaban J connectivity index is 2.31. The molecule has 0 unspecified atom stereocenters. The van der Waals surface area contributed by atoms with E-state index in [1.807, 2.05) is 16.8 Å². The van der Waals surface area contributed by atoms with Crippen LogP contribution in [0.5, 0.6) is 0 Å². The van der Waals surface area contributed by atoms with Gasteiger partial charge in [0.25, 0.3) is 0 Å². The molecule has 0 spiro atoms. The Kier molecular flexibility index (Phi) is 3.73. The van der Waals surface area contributed by atoms with Crippen LogP contribution in [0.1, 0.15) is 0 Å². The van der Waals surface area contributed by atoms with E-state index >= 15 is 0 Å². The van der Waals surface area contributed by atoms with E-state index in [0.29, 0.717) is 10.2 Å². The van der Waals surface area contributed by atoms with Crippen LogP contribution < -0.4 is 5.43 Å². The van der Waals surface area contributed by atoms with Crippen molar-refractivity contribution < 1.29 is 8.78 Å². The van der Waals surface area contributed by atoms with Crippen LogP contribution in [0.2, 0.25) is 0 Å². The molecule has 0 fully saturated rings. The maximum atomic E-state index is 14.0. The zero-order valence-corrected chi connectivity index (χ0v) is 12.9. The zero-order chi connectivity index (χ0) is 15.0. The van der Waals surface area contributed by atoms with Crippen molar-refractivity contribution in [1.82, 2.24) is 4.57 Å². The maximum absolute atomic E-state index is 14.0. The van der Waals surface area contributed by atoms with Crippen LogP contribution in [0.3, 0.4) is 0 Å². The number of hydrogen-bond donors (Lipinski definition) is 0. The smallest absolute Gasteiger partial charge is 0.196 e. The molecule has 3 rings (SSSR count). The van der Waals surface area contributed by atoms with Crippen LogP contribution in [0.15, 0.2) is 56.6 Å². The topological polar surface area (TPSA) is 22.0 Å². The third kappa shape index (κ3) is 2.69. The van der Waals surface area contributed by atoms with E-state index < -0.39 is 11.6 Å². The number of aromatic nitrogens is 1. The summed E-state index contributed by atoms with van der Waals surface area (Å²) in [6.07, 6.45) is 1.59. The quantitative estimate of drug-likeness (QED) is 0.648. The molecule has 0 aliphatic rings. The van der Waals surface area contributed by atoms with E-state index in [9.17, 15) is 13.6 Å². The standard InChI is InChI=1S/C15H8BrF2NOS/c16-12-7-19(10-3-4-21-8-10)14(6-15(12)20)11-2-1-9(17)5-13(11)18/h1-8H. The van der Waals surface area contributed by atoms with Gasteiger partial charge < -0.3 is 4.57 Å². The van der Waals surface area contributed by atoms with Gasteiger partial charge in [0.1, 0.15) is 11.6 Å². The average Bonchev–Trinajstić information content (AvgIpc) is 2.95. The lowest BCUT2D eigenvalue weighted by molar-refractivity contribution is 0.585. The molecule has 6 heteroatoms. The normalized spacial score (nSPS) is 10.8. The molecule has 2 nitrogen and oxygen atoms in total. The second-order valence-electron chi connectivity index (χ2n) is 4.35. The molecule has 2 aromatic heterocycles. The Morgan fingerprint density at radius 2 is 1.95 bits per heavy atom. The zero-order valence-electron chi connectivity index (χ0n) is 10.5. The van der Waals surface area contributed by atoms with Crippen molar-refractivity contribution in [3.8, 4) is 16.9 Å². The first-order valence-corrected chi connectivity index (χ1v) is 7.70. The highest BCUT2D eigenvalue weighted by Crippen LogP contribution is 2.27. The minimum atomic E-state index is -0.708. The van der Waals surface area contributed by atoms with Gasteiger partial charge in [-0.2, -0.15) is 11.3 Å². The van der Waals surface area contributed by atoms with Crippen LogP contribution in [-0.4, -0.2) is 4.57 Å². The van der Waals surface area contributed by atoms with Gasteiger partial charge in [-0.15, -0.1) is 0 Å². The molecule has 0 aliphatic heterocycles. The van der Waals surface area contributed by atoms with Gasteiger partial charge in [0.2, 0.25) is 0 Å². The summed E-state index contributed by atoms with van der Waals surface area (Å²) in [5, 5.41) is 3.76. The van der Waals surface area contributed by atoms with E-state index in [0.717, 1.165) is 11.8 Å². The molecule has 1 aromatic carbocycles. The number of halogens is 3. The fourth-order valence-corrected chi connectivity index (χ4v) is 2.97. The molecular weight excluding hydrogens is 360 g/mol. The molecule has 0 aliphatic carbocycles. The monoisotopic (exact) mass is 367 g/mol. The number of hydrogen-bond acceptors (Lipinski definition) is 2. The van der Waals surface area contributed by atoms with Gasteiger partial charge >= 0.3 is 0 Å².